The van der Waals surface area contributed by atoms with E-state index in [-0.39, 0.29) is 0 Å². The second-order valence-corrected chi connectivity index (χ2v) is 2.84. The number of phenols is 1. The van der Waals surface area contributed by atoms with Crippen molar-refractivity contribution in [2.75, 3.05) is 6.54 Å². The normalized spacial score (nSPS) is 10.1. The molecule has 1 aromatic carbocycles. The summed E-state index contributed by atoms with van der Waals surface area (Å²) >= 11 is 0. The number of rotatable bonds is 4. The molecule has 0 amide bonds. The van der Waals surface area contributed by atoms with Crippen LogP contribution in [0.3, 0.4) is 0 Å². The van der Waals surface area contributed by atoms with Gasteiger partial charge in [-0.1, -0.05) is 19.1 Å². The van der Waals surface area contributed by atoms with Crippen LogP contribution in [-0.4, -0.2) is 11.7 Å². The van der Waals surface area contributed by atoms with Crippen molar-refractivity contribution in [3.8, 4) is 5.75 Å². The van der Waals surface area contributed by atoms with Crippen LogP contribution in [-0.2, 0) is 6.54 Å². The maximum atomic E-state index is 9.01. The fourth-order valence-electron chi connectivity index (χ4n) is 1.02. The highest BCUT2D eigenvalue weighted by molar-refractivity contribution is 5.25. The van der Waals surface area contributed by atoms with Gasteiger partial charge in [-0.15, -0.1) is 0 Å². The second-order valence-electron chi connectivity index (χ2n) is 2.84. The predicted octanol–water partition coefficient (Wildman–Crippen LogP) is 1.89. The number of nitrogens with one attached hydrogen (secondary N) is 1. The summed E-state index contributed by atoms with van der Waals surface area (Å²) in [4.78, 5) is 0. The molecule has 2 N–H and O–H groups in total. The van der Waals surface area contributed by atoms with Crippen molar-refractivity contribution in [2.45, 2.75) is 19.9 Å². The number of hydrogen-bond donors (Lipinski definition) is 2. The minimum absolute atomic E-state index is 0.328. The molecule has 0 aliphatic heterocycles. The summed E-state index contributed by atoms with van der Waals surface area (Å²) in [6.07, 6.45) is 1.15. The van der Waals surface area contributed by atoms with Crippen LogP contribution in [0.5, 0.6) is 5.75 Å². The Morgan fingerprint density at radius 1 is 1.25 bits per heavy atom. The van der Waals surface area contributed by atoms with Gasteiger partial charge in [0.25, 0.3) is 0 Å². The molecule has 0 heterocycles. The zero-order chi connectivity index (χ0) is 8.81. The molecule has 0 atom stereocenters. The molecule has 0 aliphatic carbocycles. The quantitative estimate of drug-likeness (QED) is 0.668. The first kappa shape index (κ1) is 9.07. The Kier molecular flexibility index (Phi) is 3.61. The summed E-state index contributed by atoms with van der Waals surface area (Å²) in [5.41, 5.74) is 1.21. The van der Waals surface area contributed by atoms with Gasteiger partial charge in [0.05, 0.1) is 0 Å². The van der Waals surface area contributed by atoms with Crippen molar-refractivity contribution < 1.29 is 5.11 Å². The van der Waals surface area contributed by atoms with E-state index in [1.165, 1.54) is 5.56 Å². The Morgan fingerprint density at radius 2 is 1.92 bits per heavy atom. The summed E-state index contributed by atoms with van der Waals surface area (Å²) in [5, 5.41) is 12.3. The van der Waals surface area contributed by atoms with Crippen molar-refractivity contribution in [3.63, 3.8) is 0 Å². The summed E-state index contributed by atoms with van der Waals surface area (Å²) < 4.78 is 0. The van der Waals surface area contributed by atoms with Crippen LogP contribution in [0.15, 0.2) is 24.3 Å². The average Bonchev–Trinajstić information content (AvgIpc) is 2.09. The van der Waals surface area contributed by atoms with Crippen LogP contribution in [0.2, 0.25) is 0 Å². The van der Waals surface area contributed by atoms with Crippen molar-refractivity contribution >= 4 is 0 Å². The van der Waals surface area contributed by atoms with E-state index < -0.39 is 0 Å². The van der Waals surface area contributed by atoms with Gasteiger partial charge < -0.3 is 10.4 Å². The smallest absolute Gasteiger partial charge is 0.115 e. The molecule has 12 heavy (non-hydrogen) atoms. The van der Waals surface area contributed by atoms with Gasteiger partial charge in [-0.25, -0.2) is 0 Å². The summed E-state index contributed by atoms with van der Waals surface area (Å²) in [7, 11) is 0. The molecule has 2 heteroatoms. The van der Waals surface area contributed by atoms with E-state index in [4.69, 9.17) is 5.11 Å². The molecule has 66 valence electrons. The minimum Gasteiger partial charge on any atom is -0.508 e. The minimum atomic E-state index is 0.328. The number of benzene rings is 1. The first-order chi connectivity index (χ1) is 5.83. The molecule has 1 aromatic rings. The van der Waals surface area contributed by atoms with E-state index in [9.17, 15) is 0 Å². The van der Waals surface area contributed by atoms with Crippen molar-refractivity contribution in [3.05, 3.63) is 29.8 Å². The summed E-state index contributed by atoms with van der Waals surface area (Å²) in [5.74, 6) is 0.328. The first-order valence-electron chi connectivity index (χ1n) is 4.31. The molecule has 0 fully saturated rings. The standard InChI is InChI=1S/C10H15NO/c1-2-7-11-8-9-3-5-10(12)6-4-9/h3-6,11-12H,2,7-8H2,1H3. The largest absolute Gasteiger partial charge is 0.508 e. The van der Waals surface area contributed by atoms with E-state index in [0.29, 0.717) is 5.75 Å². The SMILES string of the molecule is CCCNCc1ccc(O)cc1. The van der Waals surface area contributed by atoms with Crippen LogP contribution in [0, 0.1) is 0 Å². The molecule has 0 aliphatic rings. The van der Waals surface area contributed by atoms with Crippen LogP contribution in [0.4, 0.5) is 0 Å². The summed E-state index contributed by atoms with van der Waals surface area (Å²) in [6.45, 7) is 4.07. The van der Waals surface area contributed by atoms with Crippen LogP contribution in [0.1, 0.15) is 18.9 Å². The molecular weight excluding hydrogens is 150 g/mol. The van der Waals surface area contributed by atoms with E-state index in [0.717, 1.165) is 19.5 Å². The topological polar surface area (TPSA) is 32.3 Å². The lowest BCUT2D eigenvalue weighted by molar-refractivity contribution is 0.475. The van der Waals surface area contributed by atoms with Crippen LogP contribution in [0.25, 0.3) is 0 Å². The highest BCUT2D eigenvalue weighted by Crippen LogP contribution is 2.08. The molecule has 1 rings (SSSR count). The fourth-order valence-corrected chi connectivity index (χ4v) is 1.02. The van der Waals surface area contributed by atoms with Crippen LogP contribution < -0.4 is 5.32 Å². The molecule has 0 radical (unpaired) electrons. The van der Waals surface area contributed by atoms with Gasteiger partial charge in [0.15, 0.2) is 0 Å². The fraction of sp³-hybridized carbons (Fsp3) is 0.400. The Hall–Kier alpha value is -1.02. The van der Waals surface area contributed by atoms with Crippen molar-refractivity contribution in [2.24, 2.45) is 0 Å². The summed E-state index contributed by atoms with van der Waals surface area (Å²) in [6, 6.07) is 7.28. The Bertz CT molecular complexity index is 218. The monoisotopic (exact) mass is 165 g/mol. The lowest BCUT2D eigenvalue weighted by atomic mass is 10.2. The predicted molar refractivity (Wildman–Crippen MR) is 50.1 cm³/mol. The van der Waals surface area contributed by atoms with Gasteiger partial charge in [0.2, 0.25) is 0 Å². The van der Waals surface area contributed by atoms with Gasteiger partial charge in [-0.05, 0) is 30.7 Å². The third kappa shape index (κ3) is 2.93. The van der Waals surface area contributed by atoms with Gasteiger partial charge in [-0.2, -0.15) is 0 Å². The highest BCUT2D eigenvalue weighted by Gasteiger charge is 1.91. The number of aromatic hydroxyl groups is 1. The first-order valence-corrected chi connectivity index (χ1v) is 4.31. The molecular formula is C10H15NO. The molecule has 2 nitrogen and oxygen atoms in total. The molecule has 0 aromatic heterocycles. The second kappa shape index (κ2) is 4.78. The zero-order valence-corrected chi connectivity index (χ0v) is 7.38. The third-order valence-electron chi connectivity index (χ3n) is 1.69. The van der Waals surface area contributed by atoms with Gasteiger partial charge in [-0.3, -0.25) is 0 Å². The zero-order valence-electron chi connectivity index (χ0n) is 7.38. The number of hydrogen-bond acceptors (Lipinski definition) is 2. The van der Waals surface area contributed by atoms with Crippen LogP contribution >= 0.6 is 0 Å². The Labute approximate surface area is 73.2 Å². The lowest BCUT2D eigenvalue weighted by Crippen LogP contribution is -2.13. The molecule has 0 spiro atoms. The molecule has 0 saturated heterocycles. The third-order valence-corrected chi connectivity index (χ3v) is 1.69. The van der Waals surface area contributed by atoms with E-state index in [1.807, 2.05) is 12.1 Å². The van der Waals surface area contributed by atoms with E-state index in [1.54, 1.807) is 12.1 Å². The van der Waals surface area contributed by atoms with Gasteiger partial charge >= 0.3 is 0 Å². The molecule has 0 saturated carbocycles. The molecule has 0 unspecified atom stereocenters. The Morgan fingerprint density at radius 3 is 2.50 bits per heavy atom. The Balaban J connectivity index is 2.37. The highest BCUT2D eigenvalue weighted by atomic mass is 16.3. The van der Waals surface area contributed by atoms with Gasteiger partial charge in [0, 0.05) is 6.54 Å². The van der Waals surface area contributed by atoms with Gasteiger partial charge in [0.1, 0.15) is 5.75 Å². The average molecular weight is 165 g/mol. The van der Waals surface area contributed by atoms with E-state index >= 15 is 0 Å². The maximum absolute atomic E-state index is 9.01. The lowest BCUT2D eigenvalue weighted by Gasteiger charge is -2.02. The van der Waals surface area contributed by atoms with Crippen molar-refractivity contribution in [1.82, 2.24) is 5.32 Å². The number of phenolic OH excluding ortho intramolecular Hbond substituents is 1. The molecule has 0 bridgehead atoms. The van der Waals surface area contributed by atoms with Crippen molar-refractivity contribution in [1.29, 1.82) is 0 Å². The van der Waals surface area contributed by atoms with E-state index in [2.05, 4.69) is 12.2 Å². The maximum Gasteiger partial charge on any atom is 0.115 e.